The summed E-state index contributed by atoms with van der Waals surface area (Å²) in [5.74, 6) is 0.176. The van der Waals surface area contributed by atoms with Gasteiger partial charge in [-0.15, -0.1) is 0 Å². The van der Waals surface area contributed by atoms with Crippen LogP contribution in [-0.2, 0) is 17.9 Å². The van der Waals surface area contributed by atoms with E-state index in [-0.39, 0.29) is 11.3 Å². The van der Waals surface area contributed by atoms with Crippen molar-refractivity contribution in [1.82, 2.24) is 4.90 Å². The number of rotatable bonds is 4. The van der Waals surface area contributed by atoms with Gasteiger partial charge < -0.3 is 4.90 Å². The number of carbonyl (C=O) groups is 1. The third kappa shape index (κ3) is 4.45. The maximum Gasteiger partial charge on any atom is 0.228 e. The fourth-order valence-electron chi connectivity index (χ4n) is 2.28. The highest BCUT2D eigenvalue weighted by atomic mass is 16.2. The second-order valence-electron chi connectivity index (χ2n) is 6.38. The van der Waals surface area contributed by atoms with Gasteiger partial charge in [0, 0.05) is 18.5 Å². The van der Waals surface area contributed by atoms with Crippen LogP contribution in [0.25, 0.3) is 0 Å². The zero-order chi connectivity index (χ0) is 15.3. The van der Waals surface area contributed by atoms with Crippen LogP contribution in [0.4, 0.5) is 0 Å². The number of hydrogen-bond donors (Lipinski definition) is 0. The third-order valence-electron chi connectivity index (χ3n) is 3.36. The molecule has 2 aromatic rings. The van der Waals surface area contributed by atoms with E-state index in [0.717, 1.165) is 11.1 Å². The Morgan fingerprint density at radius 3 is 1.52 bits per heavy atom. The van der Waals surface area contributed by atoms with Gasteiger partial charge in [0.2, 0.25) is 5.91 Å². The molecule has 0 atom stereocenters. The zero-order valence-corrected chi connectivity index (χ0v) is 13.0. The second kappa shape index (κ2) is 6.57. The van der Waals surface area contributed by atoms with E-state index in [0.29, 0.717) is 13.1 Å². The summed E-state index contributed by atoms with van der Waals surface area (Å²) < 4.78 is 0. The molecule has 0 spiro atoms. The minimum absolute atomic E-state index is 0.176. The van der Waals surface area contributed by atoms with Gasteiger partial charge in [0.1, 0.15) is 0 Å². The average molecular weight is 281 g/mol. The summed E-state index contributed by atoms with van der Waals surface area (Å²) in [5, 5.41) is 0. The topological polar surface area (TPSA) is 20.3 Å². The van der Waals surface area contributed by atoms with Gasteiger partial charge in [0.15, 0.2) is 0 Å². The first-order valence-electron chi connectivity index (χ1n) is 7.34. The van der Waals surface area contributed by atoms with Crippen LogP contribution in [0.15, 0.2) is 60.7 Å². The van der Waals surface area contributed by atoms with E-state index < -0.39 is 0 Å². The highest BCUT2D eigenvalue weighted by Gasteiger charge is 2.27. The molecule has 0 saturated carbocycles. The lowest BCUT2D eigenvalue weighted by molar-refractivity contribution is -0.140. The number of hydrogen-bond acceptors (Lipinski definition) is 1. The average Bonchev–Trinajstić information content (AvgIpc) is 2.47. The number of nitrogens with zero attached hydrogens (tertiary/aromatic N) is 1. The van der Waals surface area contributed by atoms with E-state index in [2.05, 4.69) is 24.3 Å². The Morgan fingerprint density at radius 1 is 0.810 bits per heavy atom. The first-order valence-corrected chi connectivity index (χ1v) is 7.34. The van der Waals surface area contributed by atoms with Crippen molar-refractivity contribution in [3.8, 4) is 0 Å². The summed E-state index contributed by atoms with van der Waals surface area (Å²) in [7, 11) is 0. The molecule has 2 aromatic carbocycles. The van der Waals surface area contributed by atoms with E-state index in [4.69, 9.17) is 0 Å². The highest BCUT2D eigenvalue weighted by Crippen LogP contribution is 2.21. The Morgan fingerprint density at radius 2 is 1.19 bits per heavy atom. The molecule has 2 rings (SSSR count). The van der Waals surface area contributed by atoms with Crippen molar-refractivity contribution in [1.29, 1.82) is 0 Å². The molecule has 0 saturated heterocycles. The summed E-state index contributed by atoms with van der Waals surface area (Å²) in [5.41, 5.74) is 1.95. The molecule has 0 bridgehead atoms. The monoisotopic (exact) mass is 281 g/mol. The Kier molecular flexibility index (Phi) is 4.79. The molecule has 1 amide bonds. The van der Waals surface area contributed by atoms with Crippen LogP contribution in [0.5, 0.6) is 0 Å². The summed E-state index contributed by atoms with van der Waals surface area (Å²) in [6, 6.07) is 20.3. The molecule has 110 valence electrons. The van der Waals surface area contributed by atoms with E-state index in [9.17, 15) is 4.79 Å². The second-order valence-corrected chi connectivity index (χ2v) is 6.38. The van der Waals surface area contributed by atoms with E-state index in [1.807, 2.05) is 62.1 Å². The van der Waals surface area contributed by atoms with Crippen LogP contribution < -0.4 is 0 Å². The molecule has 2 heteroatoms. The maximum atomic E-state index is 12.7. The molecule has 0 fully saturated rings. The standard InChI is InChI=1S/C19H23NO/c1-19(2,3)18(21)20(14-16-10-6-4-7-11-16)15-17-12-8-5-9-13-17/h4-13H,14-15H2,1-3H3. The van der Waals surface area contributed by atoms with E-state index in [1.54, 1.807) is 0 Å². The van der Waals surface area contributed by atoms with Gasteiger partial charge in [-0.1, -0.05) is 81.4 Å². The van der Waals surface area contributed by atoms with Crippen molar-refractivity contribution in [3.63, 3.8) is 0 Å². The normalized spacial score (nSPS) is 11.2. The Bertz CT molecular complexity index is 528. The van der Waals surface area contributed by atoms with Gasteiger partial charge in [-0.3, -0.25) is 4.79 Å². The molecule has 0 aromatic heterocycles. The molecule has 0 radical (unpaired) electrons. The lowest BCUT2D eigenvalue weighted by Crippen LogP contribution is -2.38. The van der Waals surface area contributed by atoms with Crippen molar-refractivity contribution in [2.75, 3.05) is 0 Å². The fraction of sp³-hybridized carbons (Fsp3) is 0.316. The number of benzene rings is 2. The van der Waals surface area contributed by atoms with Gasteiger partial charge in [0.25, 0.3) is 0 Å². The van der Waals surface area contributed by atoms with Crippen LogP contribution in [-0.4, -0.2) is 10.8 Å². The van der Waals surface area contributed by atoms with Crippen LogP contribution in [0, 0.1) is 5.41 Å². The molecule has 2 nitrogen and oxygen atoms in total. The maximum absolute atomic E-state index is 12.7. The molecular weight excluding hydrogens is 258 g/mol. The largest absolute Gasteiger partial charge is 0.334 e. The van der Waals surface area contributed by atoms with Crippen LogP contribution in [0.3, 0.4) is 0 Å². The summed E-state index contributed by atoms with van der Waals surface area (Å²) in [6.07, 6.45) is 0. The molecule has 0 heterocycles. The van der Waals surface area contributed by atoms with Gasteiger partial charge in [-0.05, 0) is 11.1 Å². The van der Waals surface area contributed by atoms with Gasteiger partial charge >= 0.3 is 0 Å². The molecule has 0 unspecified atom stereocenters. The first kappa shape index (κ1) is 15.3. The Balaban J connectivity index is 2.20. The molecule has 21 heavy (non-hydrogen) atoms. The quantitative estimate of drug-likeness (QED) is 0.820. The van der Waals surface area contributed by atoms with Gasteiger partial charge in [0.05, 0.1) is 0 Å². The molecule has 0 aliphatic carbocycles. The fourth-order valence-corrected chi connectivity index (χ4v) is 2.28. The lowest BCUT2D eigenvalue weighted by atomic mass is 9.94. The van der Waals surface area contributed by atoms with Crippen LogP contribution in [0.2, 0.25) is 0 Å². The Labute approximate surface area is 127 Å². The highest BCUT2D eigenvalue weighted by molar-refractivity contribution is 5.81. The predicted molar refractivity (Wildman–Crippen MR) is 86.6 cm³/mol. The molecule has 0 aliphatic rings. The third-order valence-corrected chi connectivity index (χ3v) is 3.36. The number of carbonyl (C=O) groups excluding carboxylic acids is 1. The van der Waals surface area contributed by atoms with Crippen LogP contribution in [0.1, 0.15) is 31.9 Å². The van der Waals surface area contributed by atoms with E-state index in [1.165, 1.54) is 0 Å². The van der Waals surface area contributed by atoms with Gasteiger partial charge in [-0.2, -0.15) is 0 Å². The SMILES string of the molecule is CC(C)(C)C(=O)N(Cc1ccccc1)Cc1ccccc1. The Hall–Kier alpha value is -2.09. The van der Waals surface area contributed by atoms with Crippen molar-refractivity contribution >= 4 is 5.91 Å². The summed E-state index contributed by atoms with van der Waals surface area (Å²) in [4.78, 5) is 14.6. The van der Waals surface area contributed by atoms with Gasteiger partial charge in [-0.25, -0.2) is 0 Å². The van der Waals surface area contributed by atoms with Crippen LogP contribution >= 0.6 is 0 Å². The minimum Gasteiger partial charge on any atom is -0.334 e. The smallest absolute Gasteiger partial charge is 0.228 e. The van der Waals surface area contributed by atoms with Crippen molar-refractivity contribution in [2.24, 2.45) is 5.41 Å². The van der Waals surface area contributed by atoms with Crippen molar-refractivity contribution in [3.05, 3.63) is 71.8 Å². The molecule has 0 N–H and O–H groups in total. The summed E-state index contributed by atoms with van der Waals surface area (Å²) in [6.45, 7) is 7.20. The summed E-state index contributed by atoms with van der Waals surface area (Å²) >= 11 is 0. The minimum atomic E-state index is -0.371. The van der Waals surface area contributed by atoms with E-state index >= 15 is 0 Å². The van der Waals surface area contributed by atoms with Crippen molar-refractivity contribution in [2.45, 2.75) is 33.9 Å². The molecular formula is C19H23NO. The van der Waals surface area contributed by atoms with Crippen molar-refractivity contribution < 1.29 is 4.79 Å². The zero-order valence-electron chi connectivity index (χ0n) is 13.0. The first-order chi connectivity index (χ1) is 9.97. The predicted octanol–water partition coefficient (Wildman–Crippen LogP) is 4.26. The molecule has 0 aliphatic heterocycles. The lowest BCUT2D eigenvalue weighted by Gasteiger charge is -2.30. The number of amides is 1.